The summed E-state index contributed by atoms with van der Waals surface area (Å²) in [6, 6.07) is 4.43. The van der Waals surface area contributed by atoms with Gasteiger partial charge in [-0.3, -0.25) is 4.79 Å². The number of carbonyl (C=O) groups is 1. The molecule has 1 aromatic rings. The molecule has 0 aromatic heterocycles. The highest BCUT2D eigenvalue weighted by molar-refractivity contribution is 8.68. The van der Waals surface area contributed by atoms with Crippen molar-refractivity contribution in [2.24, 2.45) is 0 Å². The zero-order chi connectivity index (χ0) is 9.14. The van der Waals surface area contributed by atoms with Gasteiger partial charge in [0.05, 0.1) is 4.90 Å². The van der Waals surface area contributed by atoms with E-state index in [1.54, 1.807) is 6.07 Å². The van der Waals surface area contributed by atoms with Gasteiger partial charge < -0.3 is 5.11 Å². The summed E-state index contributed by atoms with van der Waals surface area (Å²) in [5.41, 5.74) is 0.278. The standard InChI is InChI=1S/C7H5ClO2S2/c8-7(10)4-1-2-6(12-11)5(9)3-4/h1-3,9,11H. The van der Waals surface area contributed by atoms with Crippen molar-refractivity contribution < 1.29 is 9.90 Å². The van der Waals surface area contributed by atoms with E-state index in [-0.39, 0.29) is 11.3 Å². The fourth-order valence-electron chi connectivity index (χ4n) is 0.717. The molecule has 0 radical (unpaired) electrons. The summed E-state index contributed by atoms with van der Waals surface area (Å²) >= 11 is 9.10. The lowest BCUT2D eigenvalue weighted by molar-refractivity contribution is 0.108. The summed E-state index contributed by atoms with van der Waals surface area (Å²) in [7, 11) is 1.11. The van der Waals surface area contributed by atoms with Crippen LogP contribution in [-0.2, 0) is 0 Å². The maximum atomic E-state index is 10.6. The summed E-state index contributed by atoms with van der Waals surface area (Å²) in [5, 5.41) is 8.68. The number of thiol groups is 1. The summed E-state index contributed by atoms with van der Waals surface area (Å²) < 4.78 is 0. The number of phenols is 1. The van der Waals surface area contributed by atoms with Gasteiger partial charge in [0, 0.05) is 5.56 Å². The van der Waals surface area contributed by atoms with Crippen LogP contribution in [0.3, 0.4) is 0 Å². The third-order valence-corrected chi connectivity index (χ3v) is 2.63. The van der Waals surface area contributed by atoms with Crippen molar-refractivity contribution in [2.75, 3.05) is 0 Å². The van der Waals surface area contributed by atoms with E-state index in [4.69, 9.17) is 11.6 Å². The first kappa shape index (κ1) is 9.77. The average molecular weight is 221 g/mol. The number of halogens is 1. The van der Waals surface area contributed by atoms with Gasteiger partial charge in [-0.05, 0) is 29.8 Å². The fourth-order valence-corrected chi connectivity index (χ4v) is 1.58. The average Bonchev–Trinajstić information content (AvgIpc) is 2.04. The molecule has 0 spiro atoms. The first-order valence-corrected chi connectivity index (χ1v) is 5.24. The van der Waals surface area contributed by atoms with Crippen LogP contribution in [0.2, 0.25) is 0 Å². The Hall–Kier alpha value is -0.320. The van der Waals surface area contributed by atoms with Crippen LogP contribution in [0.4, 0.5) is 0 Å². The lowest BCUT2D eigenvalue weighted by Gasteiger charge is -2.00. The van der Waals surface area contributed by atoms with Crippen molar-refractivity contribution in [3.05, 3.63) is 23.8 Å². The van der Waals surface area contributed by atoms with E-state index in [1.165, 1.54) is 12.1 Å². The van der Waals surface area contributed by atoms with Gasteiger partial charge in [-0.1, -0.05) is 10.8 Å². The van der Waals surface area contributed by atoms with Crippen molar-refractivity contribution in [2.45, 2.75) is 4.90 Å². The van der Waals surface area contributed by atoms with Crippen molar-refractivity contribution in [3.63, 3.8) is 0 Å². The third-order valence-electron chi connectivity index (χ3n) is 1.28. The lowest BCUT2D eigenvalue weighted by Crippen LogP contribution is -1.87. The van der Waals surface area contributed by atoms with E-state index in [0.29, 0.717) is 4.90 Å². The normalized spacial score (nSPS) is 9.83. The van der Waals surface area contributed by atoms with Gasteiger partial charge in [-0.15, -0.1) is 11.7 Å². The van der Waals surface area contributed by atoms with Gasteiger partial charge in [0.25, 0.3) is 5.24 Å². The molecule has 64 valence electrons. The molecule has 0 unspecified atom stereocenters. The van der Waals surface area contributed by atoms with E-state index >= 15 is 0 Å². The van der Waals surface area contributed by atoms with Gasteiger partial charge in [-0.2, -0.15) is 0 Å². The van der Waals surface area contributed by atoms with Gasteiger partial charge >= 0.3 is 0 Å². The van der Waals surface area contributed by atoms with Crippen LogP contribution < -0.4 is 0 Å². The number of aromatic hydroxyl groups is 1. The highest BCUT2D eigenvalue weighted by Crippen LogP contribution is 2.31. The molecule has 0 amide bonds. The minimum absolute atomic E-state index is 0.0153. The summed E-state index contributed by atoms with van der Waals surface area (Å²) in [5.74, 6) is 0.0153. The number of hydrogen-bond acceptors (Lipinski definition) is 4. The minimum Gasteiger partial charge on any atom is -0.507 e. The Bertz CT molecular complexity index is 314. The predicted molar refractivity (Wildman–Crippen MR) is 53.1 cm³/mol. The van der Waals surface area contributed by atoms with Gasteiger partial charge in [0.1, 0.15) is 5.75 Å². The second-order valence-corrected chi connectivity index (χ2v) is 3.56. The lowest BCUT2D eigenvalue weighted by atomic mass is 10.2. The topological polar surface area (TPSA) is 37.3 Å². The molecule has 1 N–H and O–H groups in total. The second-order valence-electron chi connectivity index (χ2n) is 2.05. The maximum absolute atomic E-state index is 10.6. The van der Waals surface area contributed by atoms with Crippen molar-refractivity contribution >= 4 is 39.3 Å². The molecule has 2 nitrogen and oxygen atoms in total. The van der Waals surface area contributed by atoms with Gasteiger partial charge in [-0.25, -0.2) is 0 Å². The molecule has 0 heterocycles. The quantitative estimate of drug-likeness (QED) is 0.457. The first-order valence-electron chi connectivity index (χ1n) is 2.99. The Morgan fingerprint density at radius 1 is 1.58 bits per heavy atom. The van der Waals surface area contributed by atoms with E-state index < -0.39 is 5.24 Å². The minimum atomic E-state index is -0.582. The van der Waals surface area contributed by atoms with Crippen LogP contribution in [0.15, 0.2) is 23.1 Å². The molecule has 0 saturated carbocycles. The van der Waals surface area contributed by atoms with Crippen molar-refractivity contribution in [3.8, 4) is 5.75 Å². The molecule has 5 heteroatoms. The second kappa shape index (κ2) is 4.07. The predicted octanol–water partition coefficient (Wildman–Crippen LogP) is 2.71. The zero-order valence-corrected chi connectivity index (χ0v) is 8.29. The number of phenolic OH excluding ortho intramolecular Hbond substituents is 1. The Kier molecular flexibility index (Phi) is 3.31. The molecule has 12 heavy (non-hydrogen) atoms. The molecule has 0 atom stereocenters. The Morgan fingerprint density at radius 2 is 2.25 bits per heavy atom. The molecule has 0 bridgehead atoms. The molecule has 1 rings (SSSR count). The van der Waals surface area contributed by atoms with Crippen LogP contribution in [0.5, 0.6) is 5.75 Å². The number of carbonyl (C=O) groups excluding carboxylic acids is 1. The molecular formula is C7H5ClO2S2. The SMILES string of the molecule is O=C(Cl)c1ccc(SS)c(O)c1. The molecule has 1 aromatic carbocycles. The Balaban J connectivity index is 3.10. The number of hydrogen-bond donors (Lipinski definition) is 2. The third kappa shape index (κ3) is 2.09. The maximum Gasteiger partial charge on any atom is 0.252 e. The summed E-state index contributed by atoms with van der Waals surface area (Å²) in [6.45, 7) is 0. The first-order chi connectivity index (χ1) is 5.65. The number of rotatable bonds is 2. The fraction of sp³-hybridized carbons (Fsp3) is 0. The van der Waals surface area contributed by atoms with E-state index in [0.717, 1.165) is 10.8 Å². The van der Waals surface area contributed by atoms with Crippen molar-refractivity contribution in [1.29, 1.82) is 0 Å². The smallest absolute Gasteiger partial charge is 0.252 e. The molecular weight excluding hydrogens is 216 g/mol. The number of benzene rings is 1. The highest BCUT2D eigenvalue weighted by atomic mass is 35.5. The summed E-state index contributed by atoms with van der Waals surface area (Å²) in [4.78, 5) is 11.2. The monoisotopic (exact) mass is 220 g/mol. The molecule has 0 fully saturated rings. The molecule has 0 saturated heterocycles. The van der Waals surface area contributed by atoms with Crippen LogP contribution in [0, 0.1) is 0 Å². The largest absolute Gasteiger partial charge is 0.507 e. The highest BCUT2D eigenvalue weighted by Gasteiger charge is 2.05. The van der Waals surface area contributed by atoms with Crippen LogP contribution in [0.1, 0.15) is 10.4 Å². The molecule has 0 aliphatic heterocycles. The van der Waals surface area contributed by atoms with Gasteiger partial charge in [0.2, 0.25) is 0 Å². The van der Waals surface area contributed by atoms with E-state index in [2.05, 4.69) is 11.7 Å². The van der Waals surface area contributed by atoms with E-state index in [9.17, 15) is 9.90 Å². The Morgan fingerprint density at radius 3 is 2.67 bits per heavy atom. The molecule has 0 aliphatic rings. The zero-order valence-electron chi connectivity index (χ0n) is 5.82. The molecule has 0 aliphatic carbocycles. The van der Waals surface area contributed by atoms with Crippen LogP contribution in [0.25, 0.3) is 0 Å². The Labute approximate surface area is 83.7 Å². The van der Waals surface area contributed by atoms with Crippen LogP contribution in [-0.4, -0.2) is 10.3 Å². The van der Waals surface area contributed by atoms with Crippen molar-refractivity contribution in [1.82, 2.24) is 0 Å². The van der Waals surface area contributed by atoms with Crippen LogP contribution >= 0.6 is 34.1 Å². The van der Waals surface area contributed by atoms with Gasteiger partial charge in [0.15, 0.2) is 0 Å². The van der Waals surface area contributed by atoms with E-state index in [1.807, 2.05) is 0 Å². The summed E-state index contributed by atoms with van der Waals surface area (Å²) in [6.07, 6.45) is 0.